The number of nitro benzene ring substituents is 1. The number of nitro groups is 1. The number of hydrogen-bond donors (Lipinski definition) is 1. The summed E-state index contributed by atoms with van der Waals surface area (Å²) in [5, 5.41) is 14.6. The summed E-state index contributed by atoms with van der Waals surface area (Å²) in [6.07, 6.45) is 0. The minimum absolute atomic E-state index is 0.0779. The van der Waals surface area contributed by atoms with E-state index in [2.05, 4.69) is 34.2 Å². The second-order valence-corrected chi connectivity index (χ2v) is 7.38. The van der Waals surface area contributed by atoms with Crippen molar-refractivity contribution in [2.24, 2.45) is 0 Å². The number of carbonyl (C=O) groups is 1. The highest BCUT2D eigenvalue weighted by atomic mass is 16.6. The fourth-order valence-corrected chi connectivity index (χ4v) is 3.63. The molecule has 0 radical (unpaired) electrons. The lowest BCUT2D eigenvalue weighted by Gasteiger charge is -2.34. The Labute approximate surface area is 171 Å². The van der Waals surface area contributed by atoms with Gasteiger partial charge in [-0.3, -0.25) is 19.8 Å². The number of anilines is 1. The van der Waals surface area contributed by atoms with E-state index in [1.54, 1.807) is 12.1 Å². The molecule has 0 amide bonds. The fraction of sp³-hybridized carbons (Fsp3) is 0.409. The maximum Gasteiger partial charge on any atom is 0.293 e. The second kappa shape index (κ2) is 9.62. The first-order chi connectivity index (χ1) is 14.0. The van der Waals surface area contributed by atoms with Crippen molar-refractivity contribution in [3.63, 3.8) is 0 Å². The summed E-state index contributed by atoms with van der Waals surface area (Å²) in [7, 11) is 0. The van der Waals surface area contributed by atoms with Gasteiger partial charge in [0.05, 0.1) is 4.92 Å². The van der Waals surface area contributed by atoms with E-state index in [1.165, 1.54) is 18.6 Å². The van der Waals surface area contributed by atoms with E-state index in [0.717, 1.165) is 44.8 Å². The molecule has 0 spiro atoms. The molecule has 0 unspecified atom stereocenters. The van der Waals surface area contributed by atoms with Crippen LogP contribution in [0.3, 0.4) is 0 Å². The largest absolute Gasteiger partial charge is 0.375 e. The Hall–Kier alpha value is -2.77. The molecular weight excluding hydrogens is 368 g/mol. The average Bonchev–Trinajstić information content (AvgIpc) is 2.73. The topological polar surface area (TPSA) is 78.7 Å². The second-order valence-electron chi connectivity index (χ2n) is 7.38. The van der Waals surface area contributed by atoms with Crippen molar-refractivity contribution in [1.29, 1.82) is 0 Å². The van der Waals surface area contributed by atoms with Crippen LogP contribution in [-0.4, -0.2) is 53.2 Å². The first-order valence-corrected chi connectivity index (χ1v) is 10.0. The van der Waals surface area contributed by atoms with Crippen molar-refractivity contribution in [2.75, 3.05) is 38.0 Å². The first kappa shape index (κ1) is 21.0. The molecule has 0 atom stereocenters. The Bertz CT molecular complexity index is 876. The van der Waals surface area contributed by atoms with Gasteiger partial charge in [0.2, 0.25) is 0 Å². The molecule has 3 rings (SSSR count). The number of rotatable bonds is 8. The average molecular weight is 396 g/mol. The van der Waals surface area contributed by atoms with Gasteiger partial charge in [-0.15, -0.1) is 0 Å². The van der Waals surface area contributed by atoms with E-state index >= 15 is 0 Å². The number of ketones is 1. The molecule has 0 bridgehead atoms. The Balaban J connectivity index is 1.70. The molecule has 154 valence electrons. The number of Topliss-reactive ketones (excluding diaryl/α,β-unsaturated/α-hetero) is 1. The normalized spacial score (nSPS) is 15.2. The third-order valence-electron chi connectivity index (χ3n) is 5.49. The molecule has 7 nitrogen and oxygen atoms in total. The molecule has 0 aromatic heterocycles. The van der Waals surface area contributed by atoms with Crippen molar-refractivity contribution >= 4 is 17.2 Å². The van der Waals surface area contributed by atoms with Gasteiger partial charge < -0.3 is 10.2 Å². The van der Waals surface area contributed by atoms with Crippen molar-refractivity contribution in [1.82, 2.24) is 9.80 Å². The lowest BCUT2D eigenvalue weighted by molar-refractivity contribution is -0.384. The van der Waals surface area contributed by atoms with Crippen molar-refractivity contribution < 1.29 is 9.72 Å². The van der Waals surface area contributed by atoms with Gasteiger partial charge in [0.25, 0.3) is 5.69 Å². The van der Waals surface area contributed by atoms with Gasteiger partial charge in [0.15, 0.2) is 5.78 Å². The zero-order chi connectivity index (χ0) is 20.8. The summed E-state index contributed by atoms with van der Waals surface area (Å²) >= 11 is 0. The maximum atomic E-state index is 11.5. The van der Waals surface area contributed by atoms with Crippen LogP contribution >= 0.6 is 0 Å². The summed E-state index contributed by atoms with van der Waals surface area (Å²) in [6.45, 7) is 10.3. The van der Waals surface area contributed by atoms with Crippen LogP contribution in [0.1, 0.15) is 35.3 Å². The summed E-state index contributed by atoms with van der Waals surface area (Å²) in [6, 6.07) is 12.8. The standard InChI is InChI=1S/C22H28N4O3/c1-3-24-10-12-25(13-11-24)16-20-7-5-4-6-19(20)15-23-21-9-8-18(17(2)27)14-22(21)26(28)29/h4-9,14,23H,3,10-13,15-16H2,1-2H3. The number of likely N-dealkylation sites (N-methyl/N-ethyl adjacent to an activating group) is 1. The van der Waals surface area contributed by atoms with Crippen LogP contribution in [-0.2, 0) is 13.1 Å². The van der Waals surface area contributed by atoms with Gasteiger partial charge in [-0.25, -0.2) is 0 Å². The van der Waals surface area contributed by atoms with E-state index < -0.39 is 4.92 Å². The molecule has 2 aromatic rings. The van der Waals surface area contributed by atoms with Gasteiger partial charge in [0.1, 0.15) is 5.69 Å². The first-order valence-electron chi connectivity index (χ1n) is 10.0. The molecule has 0 saturated carbocycles. The number of piperazine rings is 1. The van der Waals surface area contributed by atoms with Crippen LogP contribution in [0.25, 0.3) is 0 Å². The van der Waals surface area contributed by atoms with Crippen molar-refractivity contribution in [2.45, 2.75) is 26.9 Å². The number of hydrogen-bond acceptors (Lipinski definition) is 6. The van der Waals surface area contributed by atoms with E-state index in [4.69, 9.17) is 0 Å². The lowest BCUT2D eigenvalue weighted by Crippen LogP contribution is -2.45. The van der Waals surface area contributed by atoms with Crippen molar-refractivity contribution in [3.8, 4) is 0 Å². The minimum atomic E-state index is -0.451. The van der Waals surface area contributed by atoms with E-state index in [9.17, 15) is 14.9 Å². The molecule has 1 saturated heterocycles. The molecule has 1 aliphatic rings. The quantitative estimate of drug-likeness (QED) is 0.418. The molecule has 7 heteroatoms. The smallest absolute Gasteiger partial charge is 0.293 e. The van der Waals surface area contributed by atoms with Crippen LogP contribution < -0.4 is 5.32 Å². The Morgan fingerprint density at radius 3 is 2.34 bits per heavy atom. The maximum absolute atomic E-state index is 11.5. The van der Waals surface area contributed by atoms with Gasteiger partial charge >= 0.3 is 0 Å². The summed E-state index contributed by atoms with van der Waals surface area (Å²) < 4.78 is 0. The van der Waals surface area contributed by atoms with Crippen LogP contribution in [0.4, 0.5) is 11.4 Å². The van der Waals surface area contributed by atoms with Gasteiger partial charge in [0, 0.05) is 50.9 Å². The molecule has 1 aliphatic heterocycles. The zero-order valence-corrected chi connectivity index (χ0v) is 17.1. The molecule has 0 aliphatic carbocycles. The molecular formula is C22H28N4O3. The third kappa shape index (κ3) is 5.40. The SMILES string of the molecule is CCN1CCN(Cc2ccccc2CNc2ccc(C(C)=O)cc2[N+](=O)[O-])CC1. The van der Waals surface area contributed by atoms with Crippen LogP contribution in [0.5, 0.6) is 0 Å². The molecule has 1 heterocycles. The summed E-state index contributed by atoms with van der Waals surface area (Å²) in [4.78, 5) is 27.4. The number of nitrogens with one attached hydrogen (secondary N) is 1. The molecule has 2 aromatic carbocycles. The number of nitrogens with zero attached hydrogens (tertiary/aromatic N) is 3. The summed E-state index contributed by atoms with van der Waals surface area (Å²) in [5.41, 5.74) is 3.04. The van der Waals surface area contributed by atoms with E-state index in [0.29, 0.717) is 17.8 Å². The third-order valence-corrected chi connectivity index (χ3v) is 5.49. The fourth-order valence-electron chi connectivity index (χ4n) is 3.63. The van der Waals surface area contributed by atoms with Crippen molar-refractivity contribution in [3.05, 3.63) is 69.3 Å². The number of benzene rings is 2. The highest BCUT2D eigenvalue weighted by Crippen LogP contribution is 2.27. The van der Waals surface area contributed by atoms with Crippen LogP contribution in [0.15, 0.2) is 42.5 Å². The Morgan fingerprint density at radius 1 is 1.07 bits per heavy atom. The summed E-state index contributed by atoms with van der Waals surface area (Å²) in [5.74, 6) is -0.187. The zero-order valence-electron chi connectivity index (χ0n) is 17.1. The van der Waals surface area contributed by atoms with Crippen LogP contribution in [0.2, 0.25) is 0 Å². The van der Waals surface area contributed by atoms with Gasteiger partial charge in [-0.1, -0.05) is 31.2 Å². The van der Waals surface area contributed by atoms with E-state index in [-0.39, 0.29) is 11.5 Å². The molecule has 29 heavy (non-hydrogen) atoms. The molecule has 1 N–H and O–H groups in total. The monoisotopic (exact) mass is 396 g/mol. The predicted molar refractivity (Wildman–Crippen MR) is 114 cm³/mol. The van der Waals surface area contributed by atoms with E-state index in [1.807, 2.05) is 12.1 Å². The highest BCUT2D eigenvalue weighted by molar-refractivity contribution is 5.95. The van der Waals surface area contributed by atoms with Gasteiger partial charge in [-0.2, -0.15) is 0 Å². The van der Waals surface area contributed by atoms with Gasteiger partial charge in [-0.05, 0) is 36.7 Å². The Morgan fingerprint density at radius 2 is 1.72 bits per heavy atom. The molecule has 1 fully saturated rings. The lowest BCUT2D eigenvalue weighted by atomic mass is 10.1. The predicted octanol–water partition coefficient (Wildman–Crippen LogP) is 3.55. The Kier molecular flexibility index (Phi) is 6.95. The minimum Gasteiger partial charge on any atom is -0.375 e. The highest BCUT2D eigenvalue weighted by Gasteiger charge is 2.18. The number of carbonyl (C=O) groups excluding carboxylic acids is 1. The van der Waals surface area contributed by atoms with Crippen LogP contribution in [0, 0.1) is 10.1 Å².